The van der Waals surface area contributed by atoms with E-state index in [9.17, 15) is 4.79 Å². The molecule has 0 aromatic carbocycles. The fraction of sp³-hybridized carbons (Fsp3) is 0.571. The molecule has 0 radical (unpaired) electrons. The van der Waals surface area contributed by atoms with Crippen molar-refractivity contribution in [3.63, 3.8) is 0 Å². The molecule has 0 aliphatic rings. The molecule has 0 heterocycles. The summed E-state index contributed by atoms with van der Waals surface area (Å²) >= 11 is 0. The van der Waals surface area contributed by atoms with Crippen LogP contribution in [-0.2, 0) is 4.79 Å². The van der Waals surface area contributed by atoms with Gasteiger partial charge in [-0.05, 0) is 12.3 Å². The summed E-state index contributed by atoms with van der Waals surface area (Å²) in [5.41, 5.74) is 0. The van der Waals surface area contributed by atoms with Crippen molar-refractivity contribution in [2.24, 2.45) is 5.92 Å². The van der Waals surface area contributed by atoms with Gasteiger partial charge >= 0.3 is 0 Å². The van der Waals surface area contributed by atoms with Crippen LogP contribution in [-0.4, -0.2) is 12.8 Å². The van der Waals surface area contributed by atoms with Crippen LogP contribution < -0.4 is 5.32 Å². The van der Waals surface area contributed by atoms with E-state index in [1.165, 1.54) is 0 Å². The highest BCUT2D eigenvalue weighted by atomic mass is 16.1. The van der Waals surface area contributed by atoms with E-state index in [4.69, 9.17) is 0 Å². The van der Waals surface area contributed by atoms with Crippen LogP contribution in [0.2, 0.25) is 0 Å². The maximum atomic E-state index is 10.8. The first-order valence-corrected chi connectivity index (χ1v) is 3.06. The zero-order chi connectivity index (χ0) is 7.28. The Kier molecular flexibility index (Phi) is 3.76. The van der Waals surface area contributed by atoms with Gasteiger partial charge in [-0.3, -0.25) is 4.79 Å². The van der Waals surface area contributed by atoms with Gasteiger partial charge in [0.15, 0.2) is 5.78 Å². The first-order valence-electron chi connectivity index (χ1n) is 3.06. The quantitative estimate of drug-likeness (QED) is 0.572. The van der Waals surface area contributed by atoms with Crippen LogP contribution in [0.4, 0.5) is 0 Å². The Balaban J connectivity index is 3.63. The zero-order valence-electron chi connectivity index (χ0n) is 6.14. The third kappa shape index (κ3) is 3.76. The molecule has 0 aliphatic heterocycles. The van der Waals surface area contributed by atoms with E-state index in [-0.39, 0.29) is 11.7 Å². The van der Waals surface area contributed by atoms with Crippen LogP contribution in [0.1, 0.15) is 13.8 Å². The van der Waals surface area contributed by atoms with Crippen LogP contribution in [0.15, 0.2) is 12.3 Å². The summed E-state index contributed by atoms with van der Waals surface area (Å²) in [4.78, 5) is 10.8. The number of carbonyl (C=O) groups excluding carboxylic acids is 1. The maximum absolute atomic E-state index is 10.8. The van der Waals surface area contributed by atoms with E-state index in [2.05, 4.69) is 5.32 Å². The molecule has 0 fully saturated rings. The highest BCUT2D eigenvalue weighted by molar-refractivity contribution is 5.90. The number of carbonyl (C=O) groups is 1. The van der Waals surface area contributed by atoms with E-state index in [0.29, 0.717) is 0 Å². The molecule has 0 bridgehead atoms. The van der Waals surface area contributed by atoms with Crippen LogP contribution in [0.3, 0.4) is 0 Å². The van der Waals surface area contributed by atoms with Crippen molar-refractivity contribution in [2.75, 3.05) is 7.05 Å². The molecule has 0 unspecified atom stereocenters. The molecule has 1 N–H and O–H groups in total. The van der Waals surface area contributed by atoms with Crippen molar-refractivity contribution in [3.05, 3.63) is 12.3 Å². The summed E-state index contributed by atoms with van der Waals surface area (Å²) in [6.07, 6.45) is 3.19. The second-order valence-corrected chi connectivity index (χ2v) is 2.18. The number of hydrogen-bond donors (Lipinski definition) is 1. The molecule has 0 saturated heterocycles. The standard InChI is InChI=1S/C7H13NO/c1-6(2)7(9)4-5-8-3/h4-6,8H,1-3H3/b5-4-. The van der Waals surface area contributed by atoms with Crippen molar-refractivity contribution < 1.29 is 4.79 Å². The van der Waals surface area contributed by atoms with Crippen molar-refractivity contribution >= 4 is 5.78 Å². The van der Waals surface area contributed by atoms with E-state index < -0.39 is 0 Å². The van der Waals surface area contributed by atoms with Crippen LogP contribution >= 0.6 is 0 Å². The lowest BCUT2D eigenvalue weighted by Gasteiger charge is -1.95. The summed E-state index contributed by atoms with van der Waals surface area (Å²) in [6, 6.07) is 0. The van der Waals surface area contributed by atoms with Crippen molar-refractivity contribution in [3.8, 4) is 0 Å². The van der Waals surface area contributed by atoms with E-state index >= 15 is 0 Å². The molecule has 0 rings (SSSR count). The van der Waals surface area contributed by atoms with E-state index in [1.807, 2.05) is 13.8 Å². The fourth-order valence-corrected chi connectivity index (χ4v) is 0.358. The molecule has 0 saturated carbocycles. The molecule has 2 heteroatoms. The Hall–Kier alpha value is -0.790. The largest absolute Gasteiger partial charge is 0.394 e. The normalized spacial score (nSPS) is 10.7. The number of ketones is 1. The molecular weight excluding hydrogens is 114 g/mol. The van der Waals surface area contributed by atoms with Gasteiger partial charge in [0.1, 0.15) is 0 Å². The van der Waals surface area contributed by atoms with Gasteiger partial charge < -0.3 is 5.32 Å². The SMILES string of the molecule is CN/C=C\C(=O)C(C)C. The van der Waals surface area contributed by atoms with Gasteiger partial charge in [-0.15, -0.1) is 0 Å². The topological polar surface area (TPSA) is 29.1 Å². The van der Waals surface area contributed by atoms with Crippen LogP contribution in [0.25, 0.3) is 0 Å². The number of hydrogen-bond acceptors (Lipinski definition) is 2. The Morgan fingerprint density at radius 2 is 2.11 bits per heavy atom. The third-order valence-corrected chi connectivity index (χ3v) is 0.983. The molecule has 52 valence electrons. The molecule has 2 nitrogen and oxygen atoms in total. The molecule has 9 heavy (non-hydrogen) atoms. The zero-order valence-corrected chi connectivity index (χ0v) is 6.14. The van der Waals surface area contributed by atoms with Crippen molar-refractivity contribution in [1.29, 1.82) is 0 Å². The van der Waals surface area contributed by atoms with Gasteiger partial charge in [0, 0.05) is 13.0 Å². The first kappa shape index (κ1) is 8.21. The summed E-state index contributed by atoms with van der Waals surface area (Å²) < 4.78 is 0. The average molecular weight is 127 g/mol. The highest BCUT2D eigenvalue weighted by Gasteiger charge is 1.99. The molecule has 0 amide bonds. The second-order valence-electron chi connectivity index (χ2n) is 2.18. The summed E-state index contributed by atoms with van der Waals surface area (Å²) in [5.74, 6) is 0.263. The van der Waals surface area contributed by atoms with Gasteiger partial charge in [-0.1, -0.05) is 13.8 Å². The maximum Gasteiger partial charge on any atom is 0.159 e. The number of rotatable bonds is 3. The fourth-order valence-electron chi connectivity index (χ4n) is 0.358. The Morgan fingerprint density at radius 3 is 2.44 bits per heavy atom. The molecule has 0 aromatic heterocycles. The van der Waals surface area contributed by atoms with Gasteiger partial charge in [0.25, 0.3) is 0 Å². The number of nitrogens with one attached hydrogen (secondary N) is 1. The van der Waals surface area contributed by atoms with Gasteiger partial charge in [0.2, 0.25) is 0 Å². The molecule has 0 aliphatic carbocycles. The molecule has 0 atom stereocenters. The lowest BCUT2D eigenvalue weighted by Crippen LogP contribution is -2.04. The minimum absolute atomic E-state index is 0.106. The summed E-state index contributed by atoms with van der Waals surface area (Å²) in [7, 11) is 1.77. The first-order chi connectivity index (χ1) is 4.18. The third-order valence-electron chi connectivity index (χ3n) is 0.983. The lowest BCUT2D eigenvalue weighted by molar-refractivity contribution is -0.117. The summed E-state index contributed by atoms with van der Waals surface area (Å²) in [6.45, 7) is 3.75. The Labute approximate surface area is 56.0 Å². The van der Waals surface area contributed by atoms with E-state index in [1.54, 1.807) is 19.3 Å². The molecule has 0 spiro atoms. The second kappa shape index (κ2) is 4.13. The van der Waals surface area contributed by atoms with Crippen molar-refractivity contribution in [1.82, 2.24) is 5.32 Å². The highest BCUT2D eigenvalue weighted by Crippen LogP contribution is 1.93. The van der Waals surface area contributed by atoms with Crippen LogP contribution in [0, 0.1) is 5.92 Å². The average Bonchev–Trinajstić information content (AvgIpc) is 1.82. The van der Waals surface area contributed by atoms with E-state index in [0.717, 1.165) is 0 Å². The Morgan fingerprint density at radius 1 is 1.56 bits per heavy atom. The number of allylic oxidation sites excluding steroid dienone is 1. The predicted octanol–water partition coefficient (Wildman–Crippen LogP) is 0.945. The van der Waals surface area contributed by atoms with Gasteiger partial charge in [-0.2, -0.15) is 0 Å². The Bertz CT molecular complexity index is 116. The molecule has 0 aromatic rings. The minimum atomic E-state index is 0.106. The van der Waals surface area contributed by atoms with Gasteiger partial charge in [0.05, 0.1) is 0 Å². The smallest absolute Gasteiger partial charge is 0.159 e. The summed E-state index contributed by atoms with van der Waals surface area (Å²) in [5, 5.41) is 2.75. The predicted molar refractivity (Wildman–Crippen MR) is 38.0 cm³/mol. The monoisotopic (exact) mass is 127 g/mol. The lowest BCUT2D eigenvalue weighted by atomic mass is 10.1. The van der Waals surface area contributed by atoms with Crippen LogP contribution in [0.5, 0.6) is 0 Å². The molecular formula is C7H13NO. The van der Waals surface area contributed by atoms with Gasteiger partial charge in [-0.25, -0.2) is 0 Å². The minimum Gasteiger partial charge on any atom is -0.394 e. The van der Waals surface area contributed by atoms with Crippen molar-refractivity contribution in [2.45, 2.75) is 13.8 Å².